The van der Waals surface area contributed by atoms with Crippen LogP contribution in [0.3, 0.4) is 0 Å². The number of amides is 2. The summed E-state index contributed by atoms with van der Waals surface area (Å²) in [5.41, 5.74) is 4.69. The van der Waals surface area contributed by atoms with Crippen molar-refractivity contribution in [1.29, 1.82) is 0 Å². The summed E-state index contributed by atoms with van der Waals surface area (Å²) in [5, 5.41) is 0. The van der Waals surface area contributed by atoms with Gasteiger partial charge in [-0.25, -0.2) is 4.21 Å². The van der Waals surface area contributed by atoms with E-state index in [2.05, 4.69) is 30.0 Å². The Kier molecular flexibility index (Phi) is 6.77. The summed E-state index contributed by atoms with van der Waals surface area (Å²) in [6.07, 6.45) is 0. The number of nitrogens with zero attached hydrogens (tertiary/aromatic N) is 3. The third-order valence-electron chi connectivity index (χ3n) is 7.20. The predicted octanol–water partition coefficient (Wildman–Crippen LogP) is 4.41. The van der Waals surface area contributed by atoms with Gasteiger partial charge in [-0.05, 0) is 61.9 Å². The van der Waals surface area contributed by atoms with Gasteiger partial charge in [-0.2, -0.15) is 0 Å². The molecule has 1 fully saturated rings. The molecule has 2 amide bonds. The molecule has 2 aliphatic rings. The Bertz CT molecular complexity index is 1360. The molecule has 0 aromatic heterocycles. The molecule has 0 spiro atoms. The number of hydrogen-bond donors (Lipinski definition) is 0. The van der Waals surface area contributed by atoms with E-state index in [9.17, 15) is 13.8 Å². The van der Waals surface area contributed by atoms with Gasteiger partial charge in [0.1, 0.15) is 0 Å². The molecule has 2 heterocycles. The maximum Gasteiger partial charge on any atom is 0.259 e. The Morgan fingerprint density at radius 1 is 0.917 bits per heavy atom. The van der Waals surface area contributed by atoms with E-state index in [0.29, 0.717) is 46.2 Å². The van der Waals surface area contributed by atoms with E-state index in [1.807, 2.05) is 18.7 Å². The topological polar surface area (TPSA) is 60.9 Å². The fraction of sp³-hybridized carbons (Fsp3) is 0.310. The first kappa shape index (κ1) is 24.4. The van der Waals surface area contributed by atoms with Gasteiger partial charge >= 0.3 is 0 Å². The predicted molar refractivity (Wildman–Crippen MR) is 142 cm³/mol. The third-order valence-corrected chi connectivity index (χ3v) is 8.70. The Morgan fingerprint density at radius 2 is 1.67 bits per heavy atom. The number of hydrogen-bond acceptors (Lipinski definition) is 4. The largest absolute Gasteiger partial charge is 0.336 e. The molecule has 36 heavy (non-hydrogen) atoms. The minimum absolute atomic E-state index is 0.0553. The second-order valence-corrected chi connectivity index (χ2v) is 10.9. The fourth-order valence-electron chi connectivity index (χ4n) is 4.94. The molecule has 3 aromatic carbocycles. The summed E-state index contributed by atoms with van der Waals surface area (Å²) < 4.78 is 13.7. The van der Waals surface area contributed by atoms with Crippen LogP contribution in [-0.2, 0) is 17.3 Å². The van der Waals surface area contributed by atoms with Crippen LogP contribution < -0.4 is 4.90 Å². The monoisotopic (exact) mass is 501 g/mol. The second kappa shape index (κ2) is 9.99. The smallest absolute Gasteiger partial charge is 0.259 e. The molecule has 0 unspecified atom stereocenters. The highest BCUT2D eigenvalue weighted by Crippen LogP contribution is 2.36. The molecule has 5 rings (SSSR count). The van der Waals surface area contributed by atoms with Crippen LogP contribution in [0.25, 0.3) is 0 Å². The van der Waals surface area contributed by atoms with Crippen LogP contribution in [0.4, 0.5) is 5.69 Å². The highest BCUT2D eigenvalue weighted by atomic mass is 32.2. The first-order valence-corrected chi connectivity index (χ1v) is 13.6. The molecule has 0 saturated carbocycles. The Hall–Kier alpha value is -3.29. The van der Waals surface area contributed by atoms with Gasteiger partial charge in [-0.15, -0.1) is 0 Å². The maximum absolute atomic E-state index is 13.9. The Labute approximate surface area is 215 Å². The lowest BCUT2D eigenvalue weighted by Gasteiger charge is -2.34. The average molecular weight is 502 g/mol. The van der Waals surface area contributed by atoms with E-state index >= 15 is 0 Å². The third kappa shape index (κ3) is 4.49. The maximum atomic E-state index is 13.9. The van der Waals surface area contributed by atoms with Crippen molar-refractivity contribution < 1.29 is 13.8 Å². The number of carbonyl (C=O) groups is 2. The van der Waals surface area contributed by atoms with Gasteiger partial charge < -0.3 is 14.7 Å². The van der Waals surface area contributed by atoms with Crippen molar-refractivity contribution in [3.8, 4) is 0 Å². The van der Waals surface area contributed by atoms with Crippen LogP contribution >= 0.6 is 0 Å². The number of fused-ring (bicyclic) bond motifs is 2. The van der Waals surface area contributed by atoms with Crippen molar-refractivity contribution in [2.75, 3.05) is 37.6 Å². The standard InChI is InChI=1S/C29H31N3O3S/c1-4-30-13-15-31(16-14-30)28(33)22-11-12-27-25(18-22)32(19-23-17-20(2)9-10-21(23)3)29(34)24-7-5-6-8-26(24)36(27)35/h5-12,17-18H,4,13-16,19H2,1-3H3/t36-/m0/s1. The molecule has 0 aliphatic carbocycles. The van der Waals surface area contributed by atoms with Crippen molar-refractivity contribution in [3.63, 3.8) is 0 Å². The molecule has 0 bridgehead atoms. The molecule has 0 N–H and O–H groups in total. The first-order chi connectivity index (χ1) is 17.4. The molecule has 6 nitrogen and oxygen atoms in total. The van der Waals surface area contributed by atoms with Crippen molar-refractivity contribution in [1.82, 2.24) is 9.80 Å². The van der Waals surface area contributed by atoms with Gasteiger partial charge in [0, 0.05) is 31.7 Å². The molecule has 2 aliphatic heterocycles. The van der Waals surface area contributed by atoms with E-state index in [-0.39, 0.29) is 11.8 Å². The number of likely N-dealkylation sites (N-methyl/N-ethyl adjacent to an activating group) is 1. The minimum Gasteiger partial charge on any atom is -0.336 e. The van der Waals surface area contributed by atoms with E-state index in [1.165, 1.54) is 0 Å². The number of piperazine rings is 1. The molecular formula is C29H31N3O3S. The molecule has 1 atom stereocenters. The van der Waals surface area contributed by atoms with Crippen LogP contribution in [0.15, 0.2) is 70.5 Å². The number of aryl methyl sites for hydroxylation is 2. The Morgan fingerprint density at radius 3 is 2.42 bits per heavy atom. The van der Waals surface area contributed by atoms with Crippen LogP contribution in [0.2, 0.25) is 0 Å². The lowest BCUT2D eigenvalue weighted by Crippen LogP contribution is -2.48. The number of anilines is 1. The van der Waals surface area contributed by atoms with Crippen molar-refractivity contribution in [3.05, 3.63) is 88.5 Å². The highest BCUT2D eigenvalue weighted by molar-refractivity contribution is 7.85. The fourth-order valence-corrected chi connectivity index (χ4v) is 6.29. The summed E-state index contributed by atoms with van der Waals surface area (Å²) in [4.78, 5) is 34.3. The zero-order valence-corrected chi connectivity index (χ0v) is 21.8. The molecule has 0 radical (unpaired) electrons. The van der Waals surface area contributed by atoms with E-state index in [4.69, 9.17) is 0 Å². The second-order valence-electron chi connectivity index (χ2n) is 9.50. The van der Waals surface area contributed by atoms with Gasteiger partial charge in [-0.1, -0.05) is 42.8 Å². The first-order valence-electron chi connectivity index (χ1n) is 12.4. The summed E-state index contributed by atoms with van der Waals surface area (Å²) in [6.45, 7) is 10.5. The summed E-state index contributed by atoms with van der Waals surface area (Å²) in [7, 11) is -1.54. The van der Waals surface area contributed by atoms with Crippen molar-refractivity contribution in [2.45, 2.75) is 37.1 Å². The van der Waals surface area contributed by atoms with Gasteiger partial charge in [0.05, 0.1) is 38.4 Å². The van der Waals surface area contributed by atoms with Crippen LogP contribution in [-0.4, -0.2) is 58.5 Å². The lowest BCUT2D eigenvalue weighted by molar-refractivity contribution is 0.0643. The van der Waals surface area contributed by atoms with Gasteiger partial charge in [0.25, 0.3) is 11.8 Å². The van der Waals surface area contributed by atoms with Crippen LogP contribution in [0.5, 0.6) is 0 Å². The van der Waals surface area contributed by atoms with E-state index in [1.54, 1.807) is 47.4 Å². The van der Waals surface area contributed by atoms with Crippen molar-refractivity contribution >= 4 is 28.3 Å². The molecule has 186 valence electrons. The molecule has 1 saturated heterocycles. The van der Waals surface area contributed by atoms with Crippen LogP contribution in [0, 0.1) is 13.8 Å². The van der Waals surface area contributed by atoms with Gasteiger partial charge in [0.2, 0.25) is 0 Å². The molecule has 7 heteroatoms. The SMILES string of the molecule is CCN1CCN(C(=O)c2ccc3c(c2)N(Cc2cc(C)ccc2C)C(=O)c2ccccc2[S@@]3=O)CC1. The highest BCUT2D eigenvalue weighted by Gasteiger charge is 2.32. The zero-order valence-electron chi connectivity index (χ0n) is 21.0. The van der Waals surface area contributed by atoms with Gasteiger partial charge in [0.15, 0.2) is 0 Å². The molecule has 3 aromatic rings. The lowest BCUT2D eigenvalue weighted by atomic mass is 10.0. The summed E-state index contributed by atoms with van der Waals surface area (Å²) in [5.74, 6) is -0.264. The minimum atomic E-state index is -1.54. The normalized spacial score (nSPS) is 18.0. The van der Waals surface area contributed by atoms with Crippen molar-refractivity contribution in [2.24, 2.45) is 0 Å². The Balaban J connectivity index is 1.58. The number of carbonyl (C=O) groups excluding carboxylic acids is 2. The zero-order chi connectivity index (χ0) is 25.4. The number of rotatable bonds is 4. The average Bonchev–Trinajstić information content (AvgIpc) is 2.99. The summed E-state index contributed by atoms with van der Waals surface area (Å²) >= 11 is 0. The molecular weight excluding hydrogens is 470 g/mol. The van der Waals surface area contributed by atoms with E-state index < -0.39 is 10.8 Å². The quantitative estimate of drug-likeness (QED) is 0.532. The van der Waals surface area contributed by atoms with E-state index in [0.717, 1.165) is 36.3 Å². The summed E-state index contributed by atoms with van der Waals surface area (Å²) in [6, 6.07) is 18.5. The number of benzene rings is 3. The van der Waals surface area contributed by atoms with Crippen LogP contribution in [0.1, 0.15) is 44.3 Å². The van der Waals surface area contributed by atoms with Gasteiger partial charge in [-0.3, -0.25) is 9.59 Å².